The maximum atomic E-state index is 13.6. The third-order valence-electron chi connectivity index (χ3n) is 8.17. The highest BCUT2D eigenvalue weighted by Gasteiger charge is 2.53. The van der Waals surface area contributed by atoms with Gasteiger partial charge in [-0.2, -0.15) is 0 Å². The van der Waals surface area contributed by atoms with Gasteiger partial charge in [0.05, 0.1) is 0 Å². The van der Waals surface area contributed by atoms with Crippen LogP contribution >= 0.6 is 0 Å². The molecular weight excluding hydrogens is 428 g/mol. The summed E-state index contributed by atoms with van der Waals surface area (Å²) in [7, 11) is 0. The minimum atomic E-state index is -0.721. The Morgan fingerprint density at radius 2 is 1.76 bits per heavy atom. The Kier molecular flexibility index (Phi) is 7.91. The van der Waals surface area contributed by atoms with Gasteiger partial charge in [0.15, 0.2) is 0 Å². The molecule has 0 bridgehead atoms. The van der Waals surface area contributed by atoms with E-state index in [0.29, 0.717) is 30.9 Å². The number of carbonyl (C=O) groups is 3. The Bertz CT molecular complexity index is 870. The van der Waals surface area contributed by atoms with Gasteiger partial charge in [0.1, 0.15) is 11.6 Å². The van der Waals surface area contributed by atoms with Crippen LogP contribution in [0, 0.1) is 5.92 Å². The number of likely N-dealkylation sites (tertiary alicyclic amines) is 1. The van der Waals surface area contributed by atoms with Gasteiger partial charge in [-0.25, -0.2) is 0 Å². The first kappa shape index (κ1) is 24.7. The van der Waals surface area contributed by atoms with Gasteiger partial charge >= 0.3 is 0 Å². The number of carbonyl (C=O) groups excluding carboxylic acids is 3. The molecule has 186 valence electrons. The molecule has 1 aromatic carbocycles. The lowest BCUT2D eigenvalue weighted by Gasteiger charge is -2.52. The summed E-state index contributed by atoms with van der Waals surface area (Å²) in [6, 6.07) is 7.03. The number of primary amides is 1. The van der Waals surface area contributed by atoms with E-state index in [-0.39, 0.29) is 17.9 Å². The summed E-state index contributed by atoms with van der Waals surface area (Å²) >= 11 is 0. The average Bonchev–Trinajstić information content (AvgIpc) is 2.85. The molecule has 1 atom stereocenters. The second-order valence-electron chi connectivity index (χ2n) is 10.5. The van der Waals surface area contributed by atoms with Gasteiger partial charge in [-0.1, -0.05) is 57.6 Å². The molecule has 2 saturated heterocycles. The van der Waals surface area contributed by atoms with Gasteiger partial charge in [0.2, 0.25) is 17.7 Å². The first-order valence-electron chi connectivity index (χ1n) is 13.2. The van der Waals surface area contributed by atoms with Crippen LogP contribution < -0.4 is 11.1 Å². The van der Waals surface area contributed by atoms with E-state index in [1.807, 2.05) is 17.0 Å². The van der Waals surface area contributed by atoms with E-state index in [0.717, 1.165) is 44.5 Å². The average molecular weight is 469 g/mol. The molecule has 3 N–H and O–H groups in total. The molecule has 3 amide bonds. The molecule has 0 aromatic heterocycles. The number of rotatable bonds is 8. The van der Waals surface area contributed by atoms with Crippen molar-refractivity contribution in [3.63, 3.8) is 0 Å². The van der Waals surface area contributed by atoms with Crippen LogP contribution in [0.2, 0.25) is 0 Å². The Hall–Kier alpha value is -2.41. The summed E-state index contributed by atoms with van der Waals surface area (Å²) in [5.41, 5.74) is 6.24. The maximum Gasteiger partial charge on any atom is 0.248 e. The highest BCUT2D eigenvalue weighted by atomic mass is 16.2. The van der Waals surface area contributed by atoms with E-state index < -0.39 is 11.4 Å². The minimum Gasteiger partial charge on any atom is -0.366 e. The Morgan fingerprint density at radius 3 is 2.38 bits per heavy atom. The number of nitrogens with two attached hydrogens (primary N) is 1. The van der Waals surface area contributed by atoms with Gasteiger partial charge in [0.25, 0.3) is 0 Å². The fraction of sp³-hybridized carbons (Fsp3) is 0.667. The smallest absolute Gasteiger partial charge is 0.248 e. The number of piperidine rings is 1. The molecule has 7 heteroatoms. The summed E-state index contributed by atoms with van der Waals surface area (Å²) in [5, 5.41) is 3.17. The quantitative estimate of drug-likeness (QED) is 0.612. The van der Waals surface area contributed by atoms with Gasteiger partial charge < -0.3 is 16.0 Å². The largest absolute Gasteiger partial charge is 0.366 e. The monoisotopic (exact) mass is 468 g/mol. The fourth-order valence-corrected chi connectivity index (χ4v) is 6.04. The lowest BCUT2D eigenvalue weighted by Crippen LogP contribution is -2.73. The third-order valence-corrected chi connectivity index (χ3v) is 8.17. The molecule has 1 spiro atoms. The van der Waals surface area contributed by atoms with Crippen molar-refractivity contribution < 1.29 is 14.4 Å². The van der Waals surface area contributed by atoms with Crippen molar-refractivity contribution >= 4 is 17.7 Å². The summed E-state index contributed by atoms with van der Waals surface area (Å²) in [4.78, 5) is 42.8. The number of amides is 3. The van der Waals surface area contributed by atoms with Crippen LogP contribution in [0.25, 0.3) is 0 Å². The molecule has 1 aromatic rings. The Morgan fingerprint density at radius 1 is 1.09 bits per heavy atom. The summed E-state index contributed by atoms with van der Waals surface area (Å²) in [6.07, 6.45) is 10.1. The standard InChI is InChI=1S/C27H40N4O3/c1-2-3-15-31-25(33)23(18-20-7-5-4-6-8-20)29-26(34)27(31)13-16-30(17-14-27)19-21-9-11-22(12-10-21)24(28)32/h9-12,20,23H,2-8,13-19H2,1H3,(H2,28,32)(H,29,34). The predicted molar refractivity (Wildman–Crippen MR) is 132 cm³/mol. The van der Waals surface area contributed by atoms with E-state index in [4.69, 9.17) is 5.73 Å². The van der Waals surface area contributed by atoms with E-state index in [1.54, 1.807) is 12.1 Å². The molecule has 34 heavy (non-hydrogen) atoms. The number of benzene rings is 1. The van der Waals surface area contributed by atoms with Crippen molar-refractivity contribution in [1.29, 1.82) is 0 Å². The molecule has 3 fully saturated rings. The number of nitrogens with zero attached hydrogens (tertiary/aromatic N) is 2. The fourth-order valence-electron chi connectivity index (χ4n) is 6.04. The number of unbranched alkanes of at least 4 members (excludes halogenated alkanes) is 1. The first-order valence-corrected chi connectivity index (χ1v) is 13.2. The first-order chi connectivity index (χ1) is 16.4. The molecule has 1 unspecified atom stereocenters. The minimum absolute atomic E-state index is 0.0504. The second kappa shape index (κ2) is 10.9. The highest BCUT2D eigenvalue weighted by molar-refractivity contribution is 6.00. The summed E-state index contributed by atoms with van der Waals surface area (Å²) in [5.74, 6) is 0.310. The SMILES string of the molecule is CCCCN1C(=O)C(CC2CCCCC2)NC(=O)C12CCN(Cc1ccc(C(N)=O)cc1)CC2. The van der Waals surface area contributed by atoms with Crippen LogP contribution in [-0.4, -0.2) is 58.7 Å². The number of hydrogen-bond acceptors (Lipinski definition) is 4. The summed E-state index contributed by atoms with van der Waals surface area (Å²) in [6.45, 7) is 5.07. The van der Waals surface area contributed by atoms with Gasteiger partial charge in [-0.3, -0.25) is 19.3 Å². The van der Waals surface area contributed by atoms with Crippen LogP contribution in [0.4, 0.5) is 0 Å². The molecule has 2 heterocycles. The topological polar surface area (TPSA) is 95.7 Å². The van der Waals surface area contributed by atoms with Crippen molar-refractivity contribution in [1.82, 2.24) is 15.1 Å². The van der Waals surface area contributed by atoms with E-state index in [2.05, 4.69) is 17.1 Å². The molecule has 2 aliphatic heterocycles. The molecule has 1 saturated carbocycles. The van der Waals surface area contributed by atoms with Crippen molar-refractivity contribution in [3.8, 4) is 0 Å². The van der Waals surface area contributed by atoms with Crippen LogP contribution in [0.1, 0.15) is 87.1 Å². The third kappa shape index (κ3) is 5.29. The van der Waals surface area contributed by atoms with Crippen LogP contribution in [0.5, 0.6) is 0 Å². The van der Waals surface area contributed by atoms with Crippen LogP contribution in [-0.2, 0) is 16.1 Å². The lowest BCUT2D eigenvalue weighted by atomic mass is 9.79. The highest BCUT2D eigenvalue weighted by Crippen LogP contribution is 2.36. The normalized spacial score (nSPS) is 23.8. The van der Waals surface area contributed by atoms with Crippen LogP contribution in [0.15, 0.2) is 24.3 Å². The molecule has 3 aliphatic rings. The van der Waals surface area contributed by atoms with Crippen molar-refractivity contribution in [2.75, 3.05) is 19.6 Å². The zero-order valence-electron chi connectivity index (χ0n) is 20.6. The molecule has 1 aliphatic carbocycles. The lowest BCUT2D eigenvalue weighted by molar-refractivity contribution is -0.162. The molecule has 0 radical (unpaired) electrons. The predicted octanol–water partition coefficient (Wildman–Crippen LogP) is 3.22. The Labute approximate surface area is 203 Å². The molecule has 7 nitrogen and oxygen atoms in total. The van der Waals surface area contributed by atoms with Crippen molar-refractivity contribution in [3.05, 3.63) is 35.4 Å². The maximum absolute atomic E-state index is 13.6. The number of piperazine rings is 1. The van der Waals surface area contributed by atoms with E-state index in [9.17, 15) is 14.4 Å². The number of nitrogens with one attached hydrogen (secondary N) is 1. The molecular formula is C27H40N4O3. The van der Waals surface area contributed by atoms with Crippen LogP contribution in [0.3, 0.4) is 0 Å². The number of hydrogen-bond donors (Lipinski definition) is 2. The second-order valence-corrected chi connectivity index (χ2v) is 10.5. The summed E-state index contributed by atoms with van der Waals surface area (Å²) < 4.78 is 0. The zero-order chi connectivity index (χ0) is 24.1. The van der Waals surface area contributed by atoms with Gasteiger partial charge in [-0.05, 0) is 49.3 Å². The van der Waals surface area contributed by atoms with Gasteiger partial charge in [0, 0.05) is 31.7 Å². The van der Waals surface area contributed by atoms with Gasteiger partial charge in [-0.15, -0.1) is 0 Å². The molecule has 4 rings (SSSR count). The van der Waals surface area contributed by atoms with Crippen molar-refractivity contribution in [2.24, 2.45) is 11.7 Å². The van der Waals surface area contributed by atoms with Crippen molar-refractivity contribution in [2.45, 2.75) is 89.3 Å². The van der Waals surface area contributed by atoms with E-state index in [1.165, 1.54) is 32.1 Å². The zero-order valence-corrected chi connectivity index (χ0v) is 20.6. The van der Waals surface area contributed by atoms with E-state index >= 15 is 0 Å². The Balaban J connectivity index is 1.42.